The highest BCUT2D eigenvalue weighted by Crippen LogP contribution is 2.21. The van der Waals surface area contributed by atoms with E-state index < -0.39 is 114 Å². The summed E-state index contributed by atoms with van der Waals surface area (Å²) in [6, 6.07) is 4.23. The summed E-state index contributed by atoms with van der Waals surface area (Å²) in [4.78, 5) is 134. The highest BCUT2D eigenvalue weighted by atomic mass is 16.4. The number of nitrogens with zero attached hydrogens (tertiary/aromatic N) is 3. The van der Waals surface area contributed by atoms with Crippen molar-refractivity contribution >= 4 is 59.2 Å². The molecule has 8 amide bonds. The lowest BCUT2D eigenvalue weighted by Crippen LogP contribution is -2.61. The second kappa shape index (κ2) is 29.0. The summed E-state index contributed by atoms with van der Waals surface area (Å²) >= 11 is 0. The number of aliphatic imine (C=N–C) groups is 1. The maximum Gasteiger partial charge on any atom is 0.326 e. The van der Waals surface area contributed by atoms with Crippen molar-refractivity contribution in [1.29, 1.82) is 0 Å². The van der Waals surface area contributed by atoms with Crippen molar-refractivity contribution < 1.29 is 53.4 Å². The van der Waals surface area contributed by atoms with Crippen LogP contribution >= 0.6 is 0 Å². The first kappa shape index (κ1) is 59.5. The summed E-state index contributed by atoms with van der Waals surface area (Å²) in [5, 5.41) is 36.0. The van der Waals surface area contributed by atoms with E-state index in [1.807, 2.05) is 13.8 Å². The molecule has 0 saturated carbocycles. The summed E-state index contributed by atoms with van der Waals surface area (Å²) in [6.45, 7) is 7.10. The van der Waals surface area contributed by atoms with Gasteiger partial charge in [-0.1, -0.05) is 70.2 Å². The van der Waals surface area contributed by atoms with E-state index in [0.29, 0.717) is 23.2 Å². The minimum atomic E-state index is -1.41. The van der Waals surface area contributed by atoms with E-state index >= 15 is 0 Å². The Hall–Kier alpha value is -8.09. The number of carbonyl (C=O) groups is 9. The first-order chi connectivity index (χ1) is 35.5. The van der Waals surface area contributed by atoms with Crippen LogP contribution in [0, 0.1) is 11.8 Å². The molecule has 0 radical (unpaired) electrons. The molecule has 4 rings (SSSR count). The minimum absolute atomic E-state index is 0.00109. The molecule has 1 aliphatic rings. The molecule has 408 valence electrons. The number of likely N-dealkylation sites (tertiary alicyclic amines) is 1. The lowest BCUT2D eigenvalue weighted by molar-refractivity contribution is -0.145. The minimum Gasteiger partial charge on any atom is -0.508 e. The third kappa shape index (κ3) is 19.4. The number of hydrogen-bond donors (Lipinski definition) is 13. The lowest BCUT2D eigenvalue weighted by atomic mass is 9.98. The molecule has 25 heteroatoms. The van der Waals surface area contributed by atoms with Gasteiger partial charge in [-0.3, -0.25) is 43.3 Å². The number of aromatic hydroxyl groups is 1. The Balaban J connectivity index is 1.59. The van der Waals surface area contributed by atoms with E-state index in [0.717, 1.165) is 0 Å². The number of imidazole rings is 1. The number of H-pyrrole nitrogens is 1. The Morgan fingerprint density at radius 3 is 1.93 bits per heavy atom. The molecule has 1 fully saturated rings. The number of phenolic OH excluding ortho intramolecular Hbond substituents is 1. The van der Waals surface area contributed by atoms with Crippen molar-refractivity contribution in [3.8, 4) is 5.75 Å². The SMILES string of the molecule is CC(C)C[C@H](NC(=O)[C@H](Cc1ccc(O)cc1)NC(=O)[C@@H](NC(=O)[C@H](CCCN=C(N)N)NC(=O)[C@@H](N)CC(N)=O)C(C)C)C(=O)N[C@@H](Cc1cnc[nH]1)C(=O)N1CCC[C@H]1C(=O)N[C@@H](Cc1ccccc1)C(=O)O. The number of amides is 8. The van der Waals surface area contributed by atoms with E-state index in [1.54, 1.807) is 44.2 Å². The van der Waals surface area contributed by atoms with Crippen LogP contribution in [0.15, 0.2) is 72.1 Å². The third-order valence-corrected chi connectivity index (χ3v) is 12.3. The Morgan fingerprint density at radius 1 is 0.733 bits per heavy atom. The molecule has 2 aromatic carbocycles. The zero-order valence-corrected chi connectivity index (χ0v) is 42.6. The highest BCUT2D eigenvalue weighted by Gasteiger charge is 2.40. The van der Waals surface area contributed by atoms with E-state index in [9.17, 15) is 53.4 Å². The predicted molar refractivity (Wildman–Crippen MR) is 274 cm³/mol. The second-order valence-electron chi connectivity index (χ2n) is 19.3. The van der Waals surface area contributed by atoms with E-state index in [2.05, 4.69) is 46.9 Å². The van der Waals surface area contributed by atoms with Crippen LogP contribution in [-0.4, -0.2) is 146 Å². The Bertz CT molecular complexity index is 2450. The van der Waals surface area contributed by atoms with E-state index in [4.69, 9.17) is 22.9 Å². The molecule has 0 unspecified atom stereocenters. The number of hydrogen-bond acceptors (Lipinski definition) is 13. The van der Waals surface area contributed by atoms with Crippen molar-refractivity contribution in [1.82, 2.24) is 46.8 Å². The summed E-state index contributed by atoms with van der Waals surface area (Å²) < 4.78 is 0. The normalized spacial score (nSPS) is 16.0. The van der Waals surface area contributed by atoms with Crippen LogP contribution in [0.5, 0.6) is 5.75 Å². The summed E-state index contributed by atoms with van der Waals surface area (Å²) in [5.74, 6) is -8.59. The summed E-state index contributed by atoms with van der Waals surface area (Å²) in [7, 11) is 0. The van der Waals surface area contributed by atoms with Gasteiger partial charge in [0.1, 0.15) is 48.0 Å². The molecule has 1 aromatic heterocycles. The maximum absolute atomic E-state index is 14.5. The number of benzene rings is 2. The molecule has 0 spiro atoms. The van der Waals surface area contributed by atoms with Gasteiger partial charge in [0, 0.05) is 44.2 Å². The average Bonchev–Trinajstić information content (AvgIpc) is 4.07. The summed E-state index contributed by atoms with van der Waals surface area (Å²) in [5.41, 5.74) is 23.6. The largest absolute Gasteiger partial charge is 0.508 e. The molecule has 1 saturated heterocycles. The Morgan fingerprint density at radius 2 is 1.33 bits per heavy atom. The number of aromatic amines is 1. The molecule has 8 atom stereocenters. The number of carboxylic acid groups (broad SMARTS) is 1. The second-order valence-corrected chi connectivity index (χ2v) is 19.3. The monoisotopic (exact) mass is 1040 g/mol. The number of rotatable bonds is 29. The van der Waals surface area contributed by atoms with Crippen LogP contribution in [0.4, 0.5) is 0 Å². The zero-order chi connectivity index (χ0) is 55.4. The van der Waals surface area contributed by atoms with Crippen molar-refractivity contribution in [2.75, 3.05) is 13.1 Å². The third-order valence-electron chi connectivity index (χ3n) is 12.3. The number of nitrogens with one attached hydrogen (secondary N) is 7. The van der Waals surface area contributed by atoms with Crippen LogP contribution in [0.3, 0.4) is 0 Å². The average molecular weight is 1050 g/mol. The number of primary amides is 1. The molecule has 0 bridgehead atoms. The number of phenols is 1. The molecule has 17 N–H and O–H groups in total. The maximum atomic E-state index is 14.5. The Labute approximate surface area is 434 Å². The molecule has 2 heterocycles. The number of nitrogens with two attached hydrogens (primary N) is 4. The number of guanidine groups is 1. The van der Waals surface area contributed by atoms with Gasteiger partial charge in [0.2, 0.25) is 47.3 Å². The van der Waals surface area contributed by atoms with E-state index in [-0.39, 0.29) is 75.7 Å². The number of aromatic nitrogens is 2. The standard InChI is InChI=1S/C50H72N14O11/c1-27(2)20-35(44(69)61-37(23-31-25-55-26-57-31)48(73)64-19-9-13-39(64)46(71)62-38(49(74)75)22-29-10-6-5-7-11-29)59-45(70)36(21-30-14-16-32(65)17-15-30)60-47(72)41(28(3)4)63-43(68)34(12-8-18-56-50(53)54)58-42(67)33(51)24-40(52)66/h5-7,10-11,14-17,25-28,33-39,41,65H,8-9,12-13,18-24,51H2,1-4H3,(H2,52,66)(H,55,57)(H,58,67)(H,59,70)(H,60,72)(H,61,69)(H,62,71)(H,63,68)(H,74,75)(H4,53,54,56)/t33-,34-,35-,36-,37-,38-,39-,41-/m0/s1. The van der Waals surface area contributed by atoms with Crippen molar-refractivity contribution in [2.24, 2.45) is 39.8 Å². The molecule has 0 aliphatic carbocycles. The molecular formula is C50H72N14O11. The zero-order valence-electron chi connectivity index (χ0n) is 42.6. The molecular weight excluding hydrogens is 973 g/mol. The number of aliphatic carboxylic acids is 1. The fraction of sp³-hybridized carbons (Fsp3) is 0.500. The van der Waals surface area contributed by atoms with Gasteiger partial charge in [-0.05, 0) is 67.2 Å². The van der Waals surface area contributed by atoms with Gasteiger partial charge >= 0.3 is 5.97 Å². The fourth-order valence-corrected chi connectivity index (χ4v) is 8.37. The first-order valence-electron chi connectivity index (χ1n) is 24.8. The van der Waals surface area contributed by atoms with Gasteiger partial charge in [0.25, 0.3) is 0 Å². The number of carboxylic acids is 1. The molecule has 1 aliphatic heterocycles. The van der Waals surface area contributed by atoms with Crippen LogP contribution in [-0.2, 0) is 62.4 Å². The van der Waals surface area contributed by atoms with Gasteiger partial charge in [0.05, 0.1) is 18.8 Å². The van der Waals surface area contributed by atoms with Crippen LogP contribution < -0.4 is 54.8 Å². The molecule has 3 aromatic rings. The van der Waals surface area contributed by atoms with Gasteiger partial charge < -0.3 is 74.9 Å². The van der Waals surface area contributed by atoms with Crippen LogP contribution in [0.1, 0.15) is 83.0 Å². The van der Waals surface area contributed by atoms with Crippen molar-refractivity contribution in [3.63, 3.8) is 0 Å². The van der Waals surface area contributed by atoms with Crippen LogP contribution in [0.25, 0.3) is 0 Å². The van der Waals surface area contributed by atoms with Gasteiger partial charge in [-0.25, -0.2) is 9.78 Å². The highest BCUT2D eigenvalue weighted by molar-refractivity contribution is 5.98. The Kier molecular flexibility index (Phi) is 23.0. The molecule has 75 heavy (non-hydrogen) atoms. The van der Waals surface area contributed by atoms with Gasteiger partial charge in [-0.2, -0.15) is 0 Å². The quantitative estimate of drug-likeness (QED) is 0.0205. The first-order valence-corrected chi connectivity index (χ1v) is 24.8. The molecule has 25 nitrogen and oxygen atoms in total. The van der Waals surface area contributed by atoms with E-state index in [1.165, 1.54) is 41.7 Å². The van der Waals surface area contributed by atoms with Crippen LogP contribution in [0.2, 0.25) is 0 Å². The van der Waals surface area contributed by atoms with Crippen molar-refractivity contribution in [2.45, 2.75) is 134 Å². The van der Waals surface area contributed by atoms with Gasteiger partial charge in [0.15, 0.2) is 5.96 Å². The fourth-order valence-electron chi connectivity index (χ4n) is 8.37. The smallest absolute Gasteiger partial charge is 0.326 e. The topological polar surface area (TPSA) is 415 Å². The number of carbonyl (C=O) groups excluding carboxylic acids is 8. The van der Waals surface area contributed by atoms with Gasteiger partial charge in [-0.15, -0.1) is 0 Å². The van der Waals surface area contributed by atoms with Crippen molar-refractivity contribution in [3.05, 3.63) is 83.9 Å². The predicted octanol–water partition coefficient (Wildman–Crippen LogP) is -1.91. The lowest BCUT2D eigenvalue weighted by Gasteiger charge is -2.31. The summed E-state index contributed by atoms with van der Waals surface area (Å²) in [6.07, 6.45) is 2.94.